The van der Waals surface area contributed by atoms with Gasteiger partial charge in [0.25, 0.3) is 10.2 Å². The molecule has 0 amide bonds. The summed E-state index contributed by atoms with van der Waals surface area (Å²) in [5.41, 5.74) is 0. The molecule has 1 aromatic rings. The van der Waals surface area contributed by atoms with Crippen molar-refractivity contribution in [3.8, 4) is 0 Å². The molecule has 1 rings (SSSR count). The topological polar surface area (TPSA) is 175 Å². The third kappa shape index (κ3) is 6.08. The van der Waals surface area contributed by atoms with Crippen LogP contribution in [0.4, 0.5) is 5.82 Å². The van der Waals surface area contributed by atoms with E-state index in [-0.39, 0.29) is 25.6 Å². The predicted molar refractivity (Wildman–Crippen MR) is 69.3 cm³/mol. The van der Waals surface area contributed by atoms with E-state index in [4.69, 9.17) is 4.74 Å². The summed E-state index contributed by atoms with van der Waals surface area (Å²) in [4.78, 5) is 42.4. The Balaban J connectivity index is 2.47. The lowest BCUT2D eigenvalue weighted by Gasteiger charge is -2.13. The van der Waals surface area contributed by atoms with Gasteiger partial charge in [-0.3, -0.25) is 0 Å². The SMILES string of the molecule is Cc1ncc([N+](=O)[O-])n1CCOCC(CO[N+](=O)[O-])O[N+](=O)[O-]. The smallest absolute Gasteiger partial charge is 0.342 e. The van der Waals surface area contributed by atoms with E-state index in [0.29, 0.717) is 5.82 Å². The average Bonchev–Trinajstić information content (AvgIpc) is 2.81. The van der Waals surface area contributed by atoms with Gasteiger partial charge in [0, 0.05) is 6.92 Å². The first-order valence-corrected chi connectivity index (χ1v) is 6.14. The van der Waals surface area contributed by atoms with Crippen LogP contribution in [0.15, 0.2) is 6.20 Å². The molecule has 0 aliphatic rings. The van der Waals surface area contributed by atoms with Gasteiger partial charge in [0.15, 0.2) is 11.9 Å². The molecule has 128 valence electrons. The van der Waals surface area contributed by atoms with E-state index in [1.54, 1.807) is 6.92 Å². The Labute approximate surface area is 127 Å². The van der Waals surface area contributed by atoms with Crippen molar-refractivity contribution in [2.75, 3.05) is 19.8 Å². The molecule has 14 heteroatoms. The summed E-state index contributed by atoms with van der Waals surface area (Å²) in [6.45, 7) is 0.544. The lowest BCUT2D eigenvalue weighted by atomic mass is 10.4. The Morgan fingerprint density at radius 2 is 1.91 bits per heavy atom. The monoisotopic (exact) mass is 335 g/mol. The molecular formula is C9H13N5O9. The summed E-state index contributed by atoms with van der Waals surface area (Å²) in [5.74, 6) is 0.177. The molecule has 14 nitrogen and oxygen atoms in total. The number of rotatable bonds is 11. The first-order valence-electron chi connectivity index (χ1n) is 6.14. The molecule has 0 saturated heterocycles. The highest BCUT2D eigenvalue weighted by Crippen LogP contribution is 2.13. The minimum atomic E-state index is -1.30. The highest BCUT2D eigenvalue weighted by molar-refractivity contribution is 5.18. The molecule has 23 heavy (non-hydrogen) atoms. The Hall–Kier alpha value is -3.03. The second-order valence-electron chi connectivity index (χ2n) is 4.12. The summed E-state index contributed by atoms with van der Waals surface area (Å²) in [6, 6.07) is 0. The van der Waals surface area contributed by atoms with Crippen LogP contribution in [0, 0.1) is 37.3 Å². The van der Waals surface area contributed by atoms with E-state index in [2.05, 4.69) is 14.7 Å². The van der Waals surface area contributed by atoms with Gasteiger partial charge in [-0.2, -0.15) is 0 Å². The summed E-state index contributed by atoms with van der Waals surface area (Å²) in [5, 5.41) is 28.8. The summed E-state index contributed by atoms with van der Waals surface area (Å²) >= 11 is 0. The third-order valence-electron chi connectivity index (χ3n) is 2.59. The maximum atomic E-state index is 10.8. The molecule has 0 bridgehead atoms. The van der Waals surface area contributed by atoms with E-state index in [0.717, 1.165) is 6.20 Å². The first kappa shape index (κ1) is 18.0. The minimum Gasteiger partial charge on any atom is -0.375 e. The van der Waals surface area contributed by atoms with Gasteiger partial charge in [-0.15, -0.1) is 20.2 Å². The molecule has 0 saturated carbocycles. The highest BCUT2D eigenvalue weighted by atomic mass is 17.0. The molecule has 0 aliphatic heterocycles. The fraction of sp³-hybridized carbons (Fsp3) is 0.667. The van der Waals surface area contributed by atoms with Crippen LogP contribution in [-0.2, 0) is 21.0 Å². The lowest BCUT2D eigenvalue weighted by Crippen LogP contribution is -2.29. The molecule has 0 aliphatic carbocycles. The predicted octanol–water partition coefficient (Wildman–Crippen LogP) is -0.0985. The quantitative estimate of drug-likeness (QED) is 0.301. The molecule has 1 unspecified atom stereocenters. The van der Waals surface area contributed by atoms with Gasteiger partial charge >= 0.3 is 5.82 Å². The highest BCUT2D eigenvalue weighted by Gasteiger charge is 2.19. The van der Waals surface area contributed by atoms with Crippen molar-refractivity contribution in [1.82, 2.24) is 9.55 Å². The van der Waals surface area contributed by atoms with Gasteiger partial charge in [0.05, 0.1) is 13.2 Å². The van der Waals surface area contributed by atoms with E-state index < -0.39 is 27.8 Å². The standard InChI is InChI=1S/C9H13N5O9/c1-7-10-4-9(12(15)16)11(7)2-3-21-5-8(23-14(19)20)6-22-13(17)18/h4,8H,2-3,5-6H2,1H3. The molecule has 1 aromatic heterocycles. The largest absolute Gasteiger partial charge is 0.375 e. The van der Waals surface area contributed by atoms with Crippen molar-refractivity contribution in [1.29, 1.82) is 0 Å². The van der Waals surface area contributed by atoms with Crippen LogP contribution in [0.1, 0.15) is 5.82 Å². The summed E-state index contributed by atoms with van der Waals surface area (Å²) < 4.78 is 6.38. The van der Waals surface area contributed by atoms with Crippen molar-refractivity contribution in [3.05, 3.63) is 42.4 Å². The van der Waals surface area contributed by atoms with Crippen molar-refractivity contribution >= 4 is 5.82 Å². The van der Waals surface area contributed by atoms with E-state index in [1.807, 2.05) is 0 Å². The fourth-order valence-corrected chi connectivity index (χ4v) is 1.62. The zero-order chi connectivity index (χ0) is 17.4. The fourth-order valence-electron chi connectivity index (χ4n) is 1.62. The Kier molecular flexibility index (Phi) is 6.60. The van der Waals surface area contributed by atoms with Crippen LogP contribution in [-0.4, -0.2) is 50.6 Å². The number of aryl methyl sites for hydroxylation is 1. The number of nitrogens with zero attached hydrogens (tertiary/aromatic N) is 5. The maximum absolute atomic E-state index is 10.8. The van der Waals surface area contributed by atoms with Gasteiger partial charge in [-0.05, 0) is 4.92 Å². The van der Waals surface area contributed by atoms with Crippen LogP contribution in [0.2, 0.25) is 0 Å². The molecule has 1 heterocycles. The summed E-state index contributed by atoms with van der Waals surface area (Å²) in [7, 11) is 0. The molecule has 0 aromatic carbocycles. The number of aromatic nitrogens is 2. The van der Waals surface area contributed by atoms with Crippen LogP contribution < -0.4 is 0 Å². The Morgan fingerprint density at radius 1 is 1.22 bits per heavy atom. The minimum absolute atomic E-state index is 0.0475. The van der Waals surface area contributed by atoms with Crippen LogP contribution in [0.3, 0.4) is 0 Å². The Morgan fingerprint density at radius 3 is 2.48 bits per heavy atom. The molecular weight excluding hydrogens is 322 g/mol. The first-order chi connectivity index (χ1) is 10.8. The number of ether oxygens (including phenoxy) is 1. The zero-order valence-corrected chi connectivity index (χ0v) is 11.9. The normalized spacial score (nSPS) is 11.7. The Bertz CT molecular complexity index is 574. The average molecular weight is 335 g/mol. The van der Waals surface area contributed by atoms with Gasteiger partial charge < -0.3 is 24.5 Å². The number of hydrogen-bond donors (Lipinski definition) is 0. The number of hydrogen-bond acceptors (Lipinski definition) is 10. The number of nitro groups is 1. The van der Waals surface area contributed by atoms with Crippen molar-refractivity contribution < 1.29 is 29.5 Å². The second kappa shape index (κ2) is 8.42. The molecule has 0 fully saturated rings. The van der Waals surface area contributed by atoms with Crippen LogP contribution in [0.25, 0.3) is 0 Å². The van der Waals surface area contributed by atoms with Crippen molar-refractivity contribution in [2.45, 2.75) is 19.6 Å². The lowest BCUT2D eigenvalue weighted by molar-refractivity contribution is -0.790. The molecule has 0 N–H and O–H groups in total. The second-order valence-corrected chi connectivity index (χ2v) is 4.12. The molecule has 0 radical (unpaired) electrons. The number of imidazole rings is 1. The van der Waals surface area contributed by atoms with Gasteiger partial charge in [-0.1, -0.05) is 0 Å². The van der Waals surface area contributed by atoms with Gasteiger partial charge in [0.2, 0.25) is 0 Å². The zero-order valence-electron chi connectivity index (χ0n) is 11.9. The molecule has 0 spiro atoms. The summed E-state index contributed by atoms with van der Waals surface area (Å²) in [6.07, 6.45) is -0.201. The van der Waals surface area contributed by atoms with E-state index >= 15 is 0 Å². The van der Waals surface area contributed by atoms with Gasteiger partial charge in [0.1, 0.15) is 19.3 Å². The van der Waals surface area contributed by atoms with E-state index in [1.165, 1.54) is 4.57 Å². The van der Waals surface area contributed by atoms with Crippen molar-refractivity contribution in [3.63, 3.8) is 0 Å². The van der Waals surface area contributed by atoms with Gasteiger partial charge in [-0.25, -0.2) is 9.55 Å². The van der Waals surface area contributed by atoms with Crippen LogP contribution >= 0.6 is 0 Å². The molecule has 1 atom stereocenters. The van der Waals surface area contributed by atoms with Crippen LogP contribution in [0.5, 0.6) is 0 Å². The third-order valence-corrected chi connectivity index (χ3v) is 2.59. The van der Waals surface area contributed by atoms with E-state index in [9.17, 15) is 30.3 Å². The van der Waals surface area contributed by atoms with Crippen molar-refractivity contribution in [2.24, 2.45) is 0 Å². The maximum Gasteiger partial charge on any atom is 0.342 e.